The topological polar surface area (TPSA) is 79.2 Å². The van der Waals surface area contributed by atoms with Gasteiger partial charge in [-0.2, -0.15) is 0 Å². The molecule has 0 atom stereocenters. The zero-order chi connectivity index (χ0) is 15.6. The summed E-state index contributed by atoms with van der Waals surface area (Å²) in [5.41, 5.74) is 5.37. The van der Waals surface area contributed by atoms with Crippen molar-refractivity contribution in [3.63, 3.8) is 0 Å². The van der Waals surface area contributed by atoms with E-state index in [1.807, 2.05) is 0 Å². The van der Waals surface area contributed by atoms with E-state index in [9.17, 15) is 4.79 Å². The van der Waals surface area contributed by atoms with E-state index in [4.69, 9.17) is 5.73 Å². The summed E-state index contributed by atoms with van der Waals surface area (Å²) in [6, 6.07) is 0. The van der Waals surface area contributed by atoms with E-state index >= 15 is 0 Å². The van der Waals surface area contributed by atoms with Gasteiger partial charge in [0, 0.05) is 45.7 Å². The molecule has 21 heavy (non-hydrogen) atoms. The second-order valence-corrected chi connectivity index (χ2v) is 5.51. The van der Waals surface area contributed by atoms with E-state index in [1.165, 1.54) is 38.5 Å². The molecule has 0 bridgehead atoms. The minimum absolute atomic E-state index is 0.187. The quantitative estimate of drug-likeness (QED) is 0.325. The van der Waals surface area contributed by atoms with Crippen molar-refractivity contribution < 1.29 is 4.79 Å². The lowest BCUT2D eigenvalue weighted by atomic mass is 10.1. The fourth-order valence-electron chi connectivity index (χ4n) is 2.15. The fraction of sp³-hybridized carbons (Fsp3) is 0.938. The van der Waals surface area contributed by atoms with Crippen LogP contribution in [-0.2, 0) is 4.79 Å². The van der Waals surface area contributed by atoms with Gasteiger partial charge in [-0.1, -0.05) is 45.4 Å². The average molecular weight is 300 g/mol. The molecule has 5 N–H and O–H groups in total. The molecular weight excluding hydrogens is 264 g/mol. The van der Waals surface area contributed by atoms with E-state index in [0.29, 0.717) is 19.5 Å². The first-order valence-electron chi connectivity index (χ1n) is 8.69. The molecule has 0 aromatic rings. The van der Waals surface area contributed by atoms with Gasteiger partial charge in [-0.15, -0.1) is 0 Å². The van der Waals surface area contributed by atoms with Gasteiger partial charge in [-0.3, -0.25) is 4.79 Å². The molecule has 0 aromatic heterocycles. The highest BCUT2D eigenvalue weighted by Gasteiger charge is 2.00. The maximum atomic E-state index is 11.6. The number of hydrogen-bond acceptors (Lipinski definition) is 4. The van der Waals surface area contributed by atoms with Crippen molar-refractivity contribution in [3.05, 3.63) is 0 Å². The predicted molar refractivity (Wildman–Crippen MR) is 90.4 cm³/mol. The normalized spacial score (nSPS) is 10.8. The van der Waals surface area contributed by atoms with E-state index in [1.54, 1.807) is 0 Å². The Labute approximate surface area is 130 Å². The molecule has 0 aliphatic heterocycles. The van der Waals surface area contributed by atoms with Crippen LogP contribution in [0.4, 0.5) is 0 Å². The molecule has 0 saturated carbocycles. The van der Waals surface area contributed by atoms with Crippen LogP contribution in [0.25, 0.3) is 0 Å². The lowest BCUT2D eigenvalue weighted by Gasteiger charge is -2.07. The first kappa shape index (κ1) is 20.3. The van der Waals surface area contributed by atoms with Crippen LogP contribution in [0.2, 0.25) is 0 Å². The summed E-state index contributed by atoms with van der Waals surface area (Å²) < 4.78 is 0. The lowest BCUT2D eigenvalue weighted by Crippen LogP contribution is -2.35. The minimum atomic E-state index is 0.187. The predicted octanol–water partition coefficient (Wildman–Crippen LogP) is 1.38. The van der Waals surface area contributed by atoms with Gasteiger partial charge >= 0.3 is 0 Å². The summed E-state index contributed by atoms with van der Waals surface area (Å²) in [5.74, 6) is 0.187. The second-order valence-electron chi connectivity index (χ2n) is 5.51. The number of nitrogens with one attached hydrogen (secondary N) is 3. The molecule has 0 aliphatic carbocycles. The molecule has 126 valence electrons. The number of unbranched alkanes of at least 4 members (excludes halogenated alkanes) is 6. The third-order valence-corrected chi connectivity index (χ3v) is 3.43. The van der Waals surface area contributed by atoms with Crippen molar-refractivity contribution in [1.29, 1.82) is 0 Å². The van der Waals surface area contributed by atoms with Gasteiger partial charge in [0.15, 0.2) is 0 Å². The summed E-state index contributed by atoms with van der Waals surface area (Å²) in [4.78, 5) is 11.6. The highest BCUT2D eigenvalue weighted by molar-refractivity contribution is 5.75. The molecule has 0 heterocycles. The van der Waals surface area contributed by atoms with Crippen molar-refractivity contribution in [1.82, 2.24) is 16.0 Å². The third kappa shape index (κ3) is 17.3. The SMILES string of the molecule is CCCCCCCCCC(=O)NCCNCCNCCN. The zero-order valence-corrected chi connectivity index (χ0v) is 13.9. The van der Waals surface area contributed by atoms with Crippen LogP contribution in [-0.4, -0.2) is 45.2 Å². The fourth-order valence-corrected chi connectivity index (χ4v) is 2.15. The molecule has 0 aliphatic rings. The van der Waals surface area contributed by atoms with E-state index in [-0.39, 0.29) is 5.91 Å². The van der Waals surface area contributed by atoms with Gasteiger partial charge in [0.05, 0.1) is 0 Å². The number of nitrogens with two attached hydrogens (primary N) is 1. The summed E-state index contributed by atoms with van der Waals surface area (Å²) in [5, 5.41) is 9.44. The monoisotopic (exact) mass is 300 g/mol. The highest BCUT2D eigenvalue weighted by Crippen LogP contribution is 2.08. The molecule has 0 aromatic carbocycles. The first-order valence-corrected chi connectivity index (χ1v) is 8.69. The van der Waals surface area contributed by atoms with E-state index < -0.39 is 0 Å². The van der Waals surface area contributed by atoms with Crippen molar-refractivity contribution in [2.24, 2.45) is 5.73 Å². The smallest absolute Gasteiger partial charge is 0.220 e. The second kappa shape index (κ2) is 17.4. The van der Waals surface area contributed by atoms with Crippen molar-refractivity contribution in [2.75, 3.05) is 39.3 Å². The van der Waals surface area contributed by atoms with Gasteiger partial charge in [0.2, 0.25) is 5.91 Å². The van der Waals surface area contributed by atoms with Crippen molar-refractivity contribution in [2.45, 2.75) is 58.3 Å². The van der Waals surface area contributed by atoms with Gasteiger partial charge in [-0.25, -0.2) is 0 Å². The minimum Gasteiger partial charge on any atom is -0.355 e. The lowest BCUT2D eigenvalue weighted by molar-refractivity contribution is -0.121. The molecule has 0 saturated heterocycles. The molecule has 5 heteroatoms. The molecule has 0 rings (SSSR count). The summed E-state index contributed by atoms with van der Waals surface area (Å²) >= 11 is 0. The van der Waals surface area contributed by atoms with Crippen LogP contribution in [0, 0.1) is 0 Å². The highest BCUT2D eigenvalue weighted by atomic mass is 16.1. The number of hydrogen-bond donors (Lipinski definition) is 4. The van der Waals surface area contributed by atoms with Crippen LogP contribution in [0.1, 0.15) is 58.3 Å². The van der Waals surface area contributed by atoms with Gasteiger partial charge in [-0.05, 0) is 6.42 Å². The Morgan fingerprint density at radius 3 is 2.05 bits per heavy atom. The van der Waals surface area contributed by atoms with Crippen LogP contribution in [0.15, 0.2) is 0 Å². The summed E-state index contributed by atoms with van der Waals surface area (Å²) in [7, 11) is 0. The Balaban J connectivity index is 3.13. The summed E-state index contributed by atoms with van der Waals surface area (Å²) in [6.45, 7) is 7.14. The number of amides is 1. The molecule has 1 amide bonds. The first-order chi connectivity index (χ1) is 10.3. The Morgan fingerprint density at radius 2 is 1.38 bits per heavy atom. The maximum Gasteiger partial charge on any atom is 0.220 e. The Hall–Kier alpha value is -0.650. The summed E-state index contributed by atoms with van der Waals surface area (Å²) in [6.07, 6.45) is 9.44. The van der Waals surface area contributed by atoms with Crippen LogP contribution < -0.4 is 21.7 Å². The molecular formula is C16H36N4O. The standard InChI is InChI=1S/C16H36N4O/c1-2-3-4-5-6-7-8-9-16(21)20-15-14-19-13-12-18-11-10-17/h18-19H,2-15,17H2,1H3,(H,20,21). The zero-order valence-electron chi connectivity index (χ0n) is 13.9. The van der Waals surface area contributed by atoms with Gasteiger partial charge < -0.3 is 21.7 Å². The molecule has 0 unspecified atom stereocenters. The maximum absolute atomic E-state index is 11.6. The average Bonchev–Trinajstić information content (AvgIpc) is 2.49. The van der Waals surface area contributed by atoms with E-state index in [0.717, 1.165) is 32.6 Å². The molecule has 0 spiro atoms. The van der Waals surface area contributed by atoms with Crippen molar-refractivity contribution in [3.8, 4) is 0 Å². The Kier molecular flexibility index (Phi) is 16.9. The Bertz CT molecular complexity index is 224. The van der Waals surface area contributed by atoms with Gasteiger partial charge in [0.25, 0.3) is 0 Å². The number of carbonyl (C=O) groups excluding carboxylic acids is 1. The molecule has 0 fully saturated rings. The van der Waals surface area contributed by atoms with E-state index in [2.05, 4.69) is 22.9 Å². The van der Waals surface area contributed by atoms with Crippen molar-refractivity contribution >= 4 is 5.91 Å². The van der Waals surface area contributed by atoms with Crippen LogP contribution >= 0.6 is 0 Å². The number of carbonyl (C=O) groups is 1. The molecule has 0 radical (unpaired) electrons. The Morgan fingerprint density at radius 1 is 0.810 bits per heavy atom. The van der Waals surface area contributed by atoms with Crippen LogP contribution in [0.3, 0.4) is 0 Å². The molecule has 5 nitrogen and oxygen atoms in total. The van der Waals surface area contributed by atoms with Gasteiger partial charge in [0.1, 0.15) is 0 Å². The van der Waals surface area contributed by atoms with Crippen LogP contribution in [0.5, 0.6) is 0 Å². The number of rotatable bonds is 16. The largest absolute Gasteiger partial charge is 0.355 e. The third-order valence-electron chi connectivity index (χ3n) is 3.43.